The third kappa shape index (κ3) is 2.44. The van der Waals surface area contributed by atoms with E-state index in [0.29, 0.717) is 0 Å². The summed E-state index contributed by atoms with van der Waals surface area (Å²) in [5.74, 6) is 0. The summed E-state index contributed by atoms with van der Waals surface area (Å²) in [6.45, 7) is 18.4. The number of hydrogen-bond acceptors (Lipinski definition) is 1. The topological polar surface area (TPSA) is 0 Å². The molecule has 1 heterocycles. The van der Waals surface area contributed by atoms with Gasteiger partial charge in [-0.15, -0.1) is 11.3 Å². The lowest BCUT2D eigenvalue weighted by atomic mass is 9.78. The Kier molecular flexibility index (Phi) is 3.08. The van der Waals surface area contributed by atoms with Gasteiger partial charge in [-0.05, 0) is 35.8 Å². The van der Waals surface area contributed by atoms with Gasteiger partial charge in [0.25, 0.3) is 0 Å². The normalized spacial score (nSPS) is 13.3. The average molecular weight is 224 g/mol. The minimum Gasteiger partial charge on any atom is -0.145 e. The van der Waals surface area contributed by atoms with E-state index >= 15 is 0 Å². The lowest BCUT2D eigenvalue weighted by molar-refractivity contribution is 0.539. The summed E-state index contributed by atoms with van der Waals surface area (Å²) >= 11 is 1.97. The molecule has 0 aliphatic rings. The fraction of sp³-hybridized carbons (Fsp3) is 0.714. The third-order valence-corrected chi connectivity index (χ3v) is 4.45. The summed E-state index contributed by atoms with van der Waals surface area (Å²) in [5.41, 5.74) is 3.60. The van der Waals surface area contributed by atoms with Gasteiger partial charge in [0.15, 0.2) is 0 Å². The summed E-state index contributed by atoms with van der Waals surface area (Å²) in [6, 6.07) is 0. The summed E-state index contributed by atoms with van der Waals surface area (Å²) in [7, 11) is 0. The SMILES string of the molecule is Cc1sc(C(C)(C)C)c(C(C)(C)C)c1C. The molecule has 0 atom stereocenters. The van der Waals surface area contributed by atoms with Crippen molar-refractivity contribution in [3.8, 4) is 0 Å². The Bertz CT molecular complexity index is 356. The second kappa shape index (κ2) is 3.62. The van der Waals surface area contributed by atoms with E-state index in [4.69, 9.17) is 0 Å². The van der Waals surface area contributed by atoms with Gasteiger partial charge in [0.05, 0.1) is 0 Å². The minimum absolute atomic E-state index is 0.261. The number of thiophene rings is 1. The fourth-order valence-electron chi connectivity index (χ4n) is 2.06. The predicted molar refractivity (Wildman–Crippen MR) is 71.2 cm³/mol. The van der Waals surface area contributed by atoms with Crippen molar-refractivity contribution in [2.24, 2.45) is 0 Å². The summed E-state index contributed by atoms with van der Waals surface area (Å²) in [4.78, 5) is 3.04. The maximum Gasteiger partial charge on any atom is 0.0142 e. The summed E-state index contributed by atoms with van der Waals surface area (Å²) in [5, 5.41) is 0. The van der Waals surface area contributed by atoms with Gasteiger partial charge in [-0.2, -0.15) is 0 Å². The molecule has 0 N–H and O–H groups in total. The molecule has 86 valence electrons. The van der Waals surface area contributed by atoms with Crippen molar-refractivity contribution in [1.29, 1.82) is 0 Å². The van der Waals surface area contributed by atoms with Gasteiger partial charge in [-0.25, -0.2) is 0 Å². The van der Waals surface area contributed by atoms with Crippen LogP contribution in [0.3, 0.4) is 0 Å². The molecule has 1 aromatic heterocycles. The van der Waals surface area contributed by atoms with Crippen molar-refractivity contribution in [3.63, 3.8) is 0 Å². The van der Waals surface area contributed by atoms with E-state index in [1.54, 1.807) is 10.4 Å². The zero-order chi connectivity index (χ0) is 12.0. The third-order valence-electron chi connectivity index (χ3n) is 2.82. The maximum absolute atomic E-state index is 2.32. The van der Waals surface area contributed by atoms with Crippen LogP contribution < -0.4 is 0 Å². The molecule has 0 fully saturated rings. The second-order valence-electron chi connectivity index (χ2n) is 6.49. The lowest BCUT2D eigenvalue weighted by Gasteiger charge is -2.27. The first-order valence-electron chi connectivity index (χ1n) is 5.66. The number of rotatable bonds is 0. The second-order valence-corrected chi connectivity index (χ2v) is 7.71. The Morgan fingerprint density at radius 2 is 1.27 bits per heavy atom. The van der Waals surface area contributed by atoms with E-state index in [0.717, 1.165) is 0 Å². The van der Waals surface area contributed by atoms with E-state index in [1.165, 1.54) is 10.4 Å². The van der Waals surface area contributed by atoms with Crippen LogP contribution in [-0.2, 0) is 10.8 Å². The van der Waals surface area contributed by atoms with E-state index < -0.39 is 0 Å². The highest BCUT2D eigenvalue weighted by Crippen LogP contribution is 2.42. The molecule has 0 saturated heterocycles. The Balaban J connectivity index is 3.48. The van der Waals surface area contributed by atoms with Gasteiger partial charge in [0.2, 0.25) is 0 Å². The van der Waals surface area contributed by atoms with Gasteiger partial charge in [0, 0.05) is 9.75 Å². The molecule has 0 bridgehead atoms. The van der Waals surface area contributed by atoms with Gasteiger partial charge >= 0.3 is 0 Å². The first-order chi connectivity index (χ1) is 6.55. The van der Waals surface area contributed by atoms with Crippen molar-refractivity contribution >= 4 is 11.3 Å². The van der Waals surface area contributed by atoms with Gasteiger partial charge in [-0.1, -0.05) is 41.5 Å². The van der Waals surface area contributed by atoms with Crippen LogP contribution in [0, 0.1) is 13.8 Å². The van der Waals surface area contributed by atoms with Crippen LogP contribution in [0.25, 0.3) is 0 Å². The zero-order valence-electron chi connectivity index (χ0n) is 11.4. The molecule has 0 amide bonds. The fourth-order valence-corrected chi connectivity index (χ4v) is 3.49. The lowest BCUT2D eigenvalue weighted by Crippen LogP contribution is -2.20. The van der Waals surface area contributed by atoms with Crippen LogP contribution in [0.1, 0.15) is 62.4 Å². The van der Waals surface area contributed by atoms with Crippen LogP contribution in [0.15, 0.2) is 0 Å². The molecule has 0 saturated carbocycles. The maximum atomic E-state index is 2.32. The van der Waals surface area contributed by atoms with E-state index in [2.05, 4.69) is 55.4 Å². The van der Waals surface area contributed by atoms with Crippen LogP contribution in [0.4, 0.5) is 0 Å². The van der Waals surface area contributed by atoms with Crippen LogP contribution in [-0.4, -0.2) is 0 Å². The molecule has 15 heavy (non-hydrogen) atoms. The zero-order valence-corrected chi connectivity index (χ0v) is 12.2. The first-order valence-corrected chi connectivity index (χ1v) is 6.47. The molecular weight excluding hydrogens is 200 g/mol. The first kappa shape index (κ1) is 12.8. The van der Waals surface area contributed by atoms with Gasteiger partial charge in [-0.3, -0.25) is 0 Å². The van der Waals surface area contributed by atoms with E-state index in [9.17, 15) is 0 Å². The Labute approximate surface area is 98.7 Å². The molecule has 0 unspecified atom stereocenters. The van der Waals surface area contributed by atoms with E-state index in [-0.39, 0.29) is 10.8 Å². The number of hydrogen-bond donors (Lipinski definition) is 0. The van der Waals surface area contributed by atoms with Crippen molar-refractivity contribution < 1.29 is 0 Å². The molecule has 0 aromatic carbocycles. The highest BCUT2D eigenvalue weighted by Gasteiger charge is 2.29. The van der Waals surface area contributed by atoms with Gasteiger partial charge in [0.1, 0.15) is 0 Å². The Hall–Kier alpha value is -0.300. The molecule has 1 rings (SSSR count). The predicted octanol–water partition coefficient (Wildman–Crippen LogP) is 4.96. The molecule has 0 nitrogen and oxygen atoms in total. The van der Waals surface area contributed by atoms with Crippen LogP contribution in [0.2, 0.25) is 0 Å². The highest BCUT2D eigenvalue weighted by atomic mass is 32.1. The molecule has 1 aromatic rings. The largest absolute Gasteiger partial charge is 0.145 e. The van der Waals surface area contributed by atoms with Crippen LogP contribution in [0.5, 0.6) is 0 Å². The summed E-state index contributed by atoms with van der Waals surface area (Å²) in [6.07, 6.45) is 0. The van der Waals surface area contributed by atoms with Crippen molar-refractivity contribution in [2.45, 2.75) is 66.2 Å². The molecule has 0 spiro atoms. The smallest absolute Gasteiger partial charge is 0.0142 e. The Morgan fingerprint density at radius 1 is 0.800 bits per heavy atom. The van der Waals surface area contributed by atoms with E-state index in [1.807, 2.05) is 11.3 Å². The number of aryl methyl sites for hydroxylation is 1. The average Bonchev–Trinajstić information content (AvgIpc) is 2.25. The highest BCUT2D eigenvalue weighted by molar-refractivity contribution is 7.12. The standard InChI is InChI=1S/C14H24S/c1-9-10(2)15-12(14(6,7)8)11(9)13(3,4)5/h1-8H3. The Morgan fingerprint density at radius 3 is 1.53 bits per heavy atom. The molecule has 1 heteroatoms. The minimum atomic E-state index is 0.261. The van der Waals surface area contributed by atoms with Crippen LogP contribution >= 0.6 is 11.3 Å². The molecule has 0 aliphatic heterocycles. The quantitative estimate of drug-likeness (QED) is 0.584. The molecule has 0 radical (unpaired) electrons. The van der Waals surface area contributed by atoms with Gasteiger partial charge < -0.3 is 0 Å². The molecule has 0 aliphatic carbocycles. The summed E-state index contributed by atoms with van der Waals surface area (Å²) < 4.78 is 0. The monoisotopic (exact) mass is 224 g/mol. The molecular formula is C14H24S. The van der Waals surface area contributed by atoms with Crippen molar-refractivity contribution in [1.82, 2.24) is 0 Å². The van der Waals surface area contributed by atoms with Crippen molar-refractivity contribution in [2.75, 3.05) is 0 Å². The van der Waals surface area contributed by atoms with Crippen molar-refractivity contribution in [3.05, 3.63) is 20.9 Å².